The number of nitrogens with zero attached hydrogens (tertiary/aromatic N) is 1. The van der Waals surface area contributed by atoms with Crippen LogP contribution >= 0.6 is 0 Å². The fourth-order valence-electron chi connectivity index (χ4n) is 2.18. The van der Waals surface area contributed by atoms with Crippen LogP contribution in [-0.4, -0.2) is 25.8 Å². The number of hydrogen-bond donors (Lipinski definition) is 0. The van der Waals surface area contributed by atoms with Crippen molar-refractivity contribution in [2.24, 2.45) is 0 Å². The second kappa shape index (κ2) is 4.81. The number of anilines is 1. The molecule has 99 valence electrons. The zero-order chi connectivity index (χ0) is 14.1. The number of hydrogen-bond acceptors (Lipinski definition) is 3. The standard InChI is InChI=1S/C16H12NO3/c1-17-14-8-13(6-7-15(14)20-10-16(17)19)12-4-2-11(9-18)3-5-12/h2-8H,10H2,1H3. The molecular weight excluding hydrogens is 254 g/mol. The largest absolute Gasteiger partial charge is 0.482 e. The van der Waals surface area contributed by atoms with Crippen molar-refractivity contribution in [2.45, 2.75) is 0 Å². The Hall–Kier alpha value is -2.62. The number of amides is 1. The highest BCUT2D eigenvalue weighted by Crippen LogP contribution is 2.35. The van der Waals surface area contributed by atoms with Crippen LogP contribution in [0.15, 0.2) is 42.5 Å². The Kier molecular flexibility index (Phi) is 2.99. The molecule has 0 saturated carbocycles. The van der Waals surface area contributed by atoms with Crippen molar-refractivity contribution < 1.29 is 14.3 Å². The Morgan fingerprint density at radius 3 is 2.50 bits per heavy atom. The third kappa shape index (κ3) is 2.05. The minimum absolute atomic E-state index is 0.0689. The van der Waals surface area contributed by atoms with E-state index < -0.39 is 0 Å². The van der Waals surface area contributed by atoms with Gasteiger partial charge in [-0.25, -0.2) is 0 Å². The molecule has 0 unspecified atom stereocenters. The second-order valence-corrected chi connectivity index (χ2v) is 4.60. The molecule has 1 heterocycles. The normalized spacial score (nSPS) is 13.7. The molecule has 3 rings (SSSR count). The van der Waals surface area contributed by atoms with Gasteiger partial charge >= 0.3 is 0 Å². The van der Waals surface area contributed by atoms with Gasteiger partial charge in [0, 0.05) is 12.6 Å². The first-order chi connectivity index (χ1) is 9.69. The molecule has 0 fully saturated rings. The van der Waals surface area contributed by atoms with E-state index in [1.165, 1.54) is 0 Å². The van der Waals surface area contributed by atoms with E-state index in [1.54, 1.807) is 24.1 Å². The Morgan fingerprint density at radius 1 is 1.10 bits per heavy atom. The van der Waals surface area contributed by atoms with E-state index in [2.05, 4.69) is 0 Å². The molecule has 4 heteroatoms. The lowest BCUT2D eigenvalue weighted by molar-refractivity contribution is -0.120. The molecule has 0 saturated heterocycles. The summed E-state index contributed by atoms with van der Waals surface area (Å²) in [4.78, 5) is 23.8. The van der Waals surface area contributed by atoms with Crippen molar-refractivity contribution in [3.8, 4) is 16.9 Å². The van der Waals surface area contributed by atoms with E-state index >= 15 is 0 Å². The van der Waals surface area contributed by atoms with E-state index in [0.717, 1.165) is 16.8 Å². The summed E-state index contributed by atoms with van der Waals surface area (Å²) in [5, 5.41) is 0. The maximum atomic E-state index is 11.6. The second-order valence-electron chi connectivity index (χ2n) is 4.60. The molecule has 0 atom stereocenters. The number of carbonyl (C=O) groups excluding carboxylic acids is 2. The van der Waals surface area contributed by atoms with Crippen molar-refractivity contribution in [3.63, 3.8) is 0 Å². The summed E-state index contributed by atoms with van der Waals surface area (Å²) in [6.07, 6.45) is 1.85. The van der Waals surface area contributed by atoms with Crippen LogP contribution in [0.25, 0.3) is 11.1 Å². The molecule has 1 amide bonds. The van der Waals surface area contributed by atoms with Crippen LogP contribution in [0.2, 0.25) is 0 Å². The summed E-state index contributed by atoms with van der Waals surface area (Å²) < 4.78 is 5.39. The molecule has 2 aromatic carbocycles. The van der Waals surface area contributed by atoms with Gasteiger partial charge in [-0.3, -0.25) is 9.59 Å². The monoisotopic (exact) mass is 266 g/mol. The van der Waals surface area contributed by atoms with E-state index in [-0.39, 0.29) is 12.5 Å². The zero-order valence-corrected chi connectivity index (χ0v) is 10.9. The van der Waals surface area contributed by atoms with E-state index in [1.807, 2.05) is 36.6 Å². The first-order valence-corrected chi connectivity index (χ1v) is 6.21. The van der Waals surface area contributed by atoms with Gasteiger partial charge < -0.3 is 9.64 Å². The Bertz CT molecular complexity index is 677. The predicted octanol–water partition coefficient (Wildman–Crippen LogP) is 2.17. The first-order valence-electron chi connectivity index (χ1n) is 6.21. The van der Waals surface area contributed by atoms with E-state index in [9.17, 15) is 9.59 Å². The van der Waals surface area contributed by atoms with Crippen molar-refractivity contribution >= 4 is 17.9 Å². The van der Waals surface area contributed by atoms with Gasteiger partial charge in [0.25, 0.3) is 5.91 Å². The Labute approximate surface area is 116 Å². The average molecular weight is 266 g/mol. The molecule has 1 aliphatic heterocycles. The molecule has 0 aliphatic carbocycles. The molecule has 4 nitrogen and oxygen atoms in total. The van der Waals surface area contributed by atoms with Gasteiger partial charge in [0.05, 0.1) is 5.69 Å². The van der Waals surface area contributed by atoms with Crippen LogP contribution in [0.4, 0.5) is 5.69 Å². The fraction of sp³-hybridized carbons (Fsp3) is 0.125. The van der Waals surface area contributed by atoms with Crippen LogP contribution in [-0.2, 0) is 9.59 Å². The number of likely N-dealkylation sites (N-methyl/N-ethyl adjacent to an activating group) is 1. The fourth-order valence-corrected chi connectivity index (χ4v) is 2.18. The minimum Gasteiger partial charge on any atom is -0.482 e. The van der Waals surface area contributed by atoms with Gasteiger partial charge in [-0.2, -0.15) is 0 Å². The topological polar surface area (TPSA) is 46.6 Å². The molecule has 1 radical (unpaired) electrons. The lowest BCUT2D eigenvalue weighted by Gasteiger charge is -2.26. The minimum atomic E-state index is -0.0689. The van der Waals surface area contributed by atoms with Gasteiger partial charge in [-0.1, -0.05) is 30.3 Å². The zero-order valence-electron chi connectivity index (χ0n) is 10.9. The van der Waals surface area contributed by atoms with Crippen LogP contribution in [0.3, 0.4) is 0 Å². The van der Waals surface area contributed by atoms with Crippen LogP contribution in [0, 0.1) is 0 Å². The summed E-state index contributed by atoms with van der Waals surface area (Å²) >= 11 is 0. The van der Waals surface area contributed by atoms with Gasteiger partial charge in [-0.15, -0.1) is 0 Å². The molecule has 0 bridgehead atoms. The molecular formula is C16H12NO3. The van der Waals surface area contributed by atoms with Gasteiger partial charge in [0.15, 0.2) is 6.61 Å². The summed E-state index contributed by atoms with van der Waals surface area (Å²) in [6.45, 7) is 0.0761. The molecule has 2 aromatic rings. The summed E-state index contributed by atoms with van der Waals surface area (Å²) in [6, 6.07) is 12.8. The van der Waals surface area contributed by atoms with Crippen LogP contribution in [0.5, 0.6) is 5.75 Å². The number of fused-ring (bicyclic) bond motifs is 1. The van der Waals surface area contributed by atoms with E-state index in [4.69, 9.17) is 4.74 Å². The Balaban J connectivity index is 2.02. The van der Waals surface area contributed by atoms with E-state index in [0.29, 0.717) is 11.3 Å². The maximum absolute atomic E-state index is 11.6. The van der Waals surface area contributed by atoms with Gasteiger partial charge in [-0.05, 0) is 23.3 Å². The highest BCUT2D eigenvalue weighted by atomic mass is 16.5. The predicted molar refractivity (Wildman–Crippen MR) is 75.6 cm³/mol. The summed E-state index contributed by atoms with van der Waals surface area (Å²) in [7, 11) is 1.73. The van der Waals surface area contributed by atoms with Crippen molar-refractivity contribution in [1.82, 2.24) is 0 Å². The number of benzene rings is 2. The van der Waals surface area contributed by atoms with Crippen LogP contribution in [0.1, 0.15) is 5.56 Å². The number of rotatable bonds is 2. The molecule has 1 aliphatic rings. The maximum Gasteiger partial charge on any atom is 0.264 e. The third-order valence-electron chi connectivity index (χ3n) is 3.38. The quantitative estimate of drug-likeness (QED) is 0.837. The number of carbonyl (C=O) groups is 1. The van der Waals surface area contributed by atoms with Crippen molar-refractivity contribution in [3.05, 3.63) is 48.0 Å². The Morgan fingerprint density at radius 2 is 1.80 bits per heavy atom. The third-order valence-corrected chi connectivity index (χ3v) is 3.38. The summed E-state index contributed by atoms with van der Waals surface area (Å²) in [5.41, 5.74) is 3.21. The van der Waals surface area contributed by atoms with Gasteiger partial charge in [0.2, 0.25) is 6.29 Å². The lowest BCUT2D eigenvalue weighted by atomic mass is 10.0. The highest BCUT2D eigenvalue weighted by molar-refractivity contribution is 5.98. The van der Waals surface area contributed by atoms with Gasteiger partial charge in [0.1, 0.15) is 5.75 Å². The van der Waals surface area contributed by atoms with Crippen molar-refractivity contribution in [2.75, 3.05) is 18.6 Å². The van der Waals surface area contributed by atoms with Crippen molar-refractivity contribution in [1.29, 1.82) is 0 Å². The highest BCUT2D eigenvalue weighted by Gasteiger charge is 2.22. The number of ether oxygens (including phenoxy) is 1. The SMILES string of the molecule is CN1C(=O)COc2ccc(-c3ccc([C]=O)cc3)cc21. The molecule has 0 aromatic heterocycles. The molecule has 0 spiro atoms. The average Bonchev–Trinajstić information content (AvgIpc) is 2.51. The van der Waals surface area contributed by atoms with Crippen LogP contribution < -0.4 is 9.64 Å². The molecule has 20 heavy (non-hydrogen) atoms. The first kappa shape index (κ1) is 12.4. The lowest BCUT2D eigenvalue weighted by Crippen LogP contribution is -2.35. The summed E-state index contributed by atoms with van der Waals surface area (Å²) in [5.74, 6) is 0.634. The molecule has 0 N–H and O–H groups in total. The smallest absolute Gasteiger partial charge is 0.264 e.